The molecule has 0 amide bonds. The highest BCUT2D eigenvalue weighted by Crippen LogP contribution is 2.25. The summed E-state index contributed by atoms with van der Waals surface area (Å²) in [6.07, 6.45) is 0.637. The molecule has 0 bridgehead atoms. The van der Waals surface area contributed by atoms with Crippen molar-refractivity contribution in [1.82, 2.24) is 4.72 Å². The SMILES string of the molecule is Cc1cc(S(=O)(=O)NCCCC#N)cc([N+](=O)[O-])c1C. The van der Waals surface area contributed by atoms with Crippen molar-refractivity contribution in [3.05, 3.63) is 33.4 Å². The summed E-state index contributed by atoms with van der Waals surface area (Å²) in [4.78, 5) is 10.2. The molecule has 0 aliphatic heterocycles. The number of sulfonamides is 1. The van der Waals surface area contributed by atoms with Gasteiger partial charge in [0.1, 0.15) is 0 Å². The number of benzene rings is 1. The maximum atomic E-state index is 12.0. The lowest BCUT2D eigenvalue weighted by molar-refractivity contribution is -0.385. The van der Waals surface area contributed by atoms with E-state index < -0.39 is 14.9 Å². The number of rotatable bonds is 6. The number of nitriles is 1. The van der Waals surface area contributed by atoms with E-state index in [0.717, 1.165) is 6.07 Å². The Hall–Kier alpha value is -1.98. The van der Waals surface area contributed by atoms with Crippen molar-refractivity contribution < 1.29 is 13.3 Å². The smallest absolute Gasteiger partial charge is 0.258 e. The zero-order valence-corrected chi connectivity index (χ0v) is 12.0. The van der Waals surface area contributed by atoms with Gasteiger partial charge in [0.05, 0.1) is 15.9 Å². The second kappa shape index (κ2) is 6.45. The predicted octanol–water partition coefficient (Wildman–Crippen LogP) is 1.79. The fourth-order valence-corrected chi connectivity index (χ4v) is 2.79. The van der Waals surface area contributed by atoms with Gasteiger partial charge >= 0.3 is 0 Å². The lowest BCUT2D eigenvalue weighted by atomic mass is 10.1. The number of nitrogens with zero attached hydrogens (tertiary/aromatic N) is 2. The Morgan fingerprint density at radius 3 is 2.60 bits per heavy atom. The topological polar surface area (TPSA) is 113 Å². The average Bonchev–Trinajstić information content (AvgIpc) is 2.37. The van der Waals surface area contributed by atoms with Gasteiger partial charge in [-0.1, -0.05) is 0 Å². The van der Waals surface area contributed by atoms with Gasteiger partial charge in [-0.05, 0) is 31.9 Å². The van der Waals surface area contributed by atoms with Crippen LogP contribution in [0.4, 0.5) is 5.69 Å². The number of nitrogens with one attached hydrogen (secondary N) is 1. The maximum absolute atomic E-state index is 12.0. The third kappa shape index (κ3) is 3.76. The molecule has 0 unspecified atom stereocenters. The molecule has 0 aromatic heterocycles. The summed E-state index contributed by atoms with van der Waals surface area (Å²) in [6.45, 7) is 3.32. The minimum Gasteiger partial charge on any atom is -0.258 e. The number of unbranched alkanes of at least 4 members (excludes halogenated alkanes) is 1. The third-order valence-corrected chi connectivity index (χ3v) is 4.32. The fraction of sp³-hybridized carbons (Fsp3) is 0.417. The van der Waals surface area contributed by atoms with Gasteiger partial charge in [-0.2, -0.15) is 5.26 Å². The molecular weight excluding hydrogens is 282 g/mol. The lowest BCUT2D eigenvalue weighted by Crippen LogP contribution is -2.25. The van der Waals surface area contributed by atoms with E-state index in [1.54, 1.807) is 13.8 Å². The Morgan fingerprint density at radius 2 is 2.05 bits per heavy atom. The Morgan fingerprint density at radius 1 is 1.40 bits per heavy atom. The first-order valence-electron chi connectivity index (χ1n) is 5.92. The molecule has 0 heterocycles. The fourth-order valence-electron chi connectivity index (χ4n) is 1.61. The molecule has 0 saturated carbocycles. The highest BCUT2D eigenvalue weighted by atomic mass is 32.2. The largest absolute Gasteiger partial charge is 0.273 e. The van der Waals surface area contributed by atoms with E-state index in [4.69, 9.17) is 5.26 Å². The van der Waals surface area contributed by atoms with Crippen LogP contribution in [0, 0.1) is 35.3 Å². The highest BCUT2D eigenvalue weighted by molar-refractivity contribution is 7.89. The molecule has 0 saturated heterocycles. The first-order chi connectivity index (χ1) is 9.29. The minimum absolute atomic E-state index is 0.122. The molecule has 20 heavy (non-hydrogen) atoms. The zero-order valence-electron chi connectivity index (χ0n) is 11.2. The van der Waals surface area contributed by atoms with Crippen LogP contribution in [0.1, 0.15) is 24.0 Å². The van der Waals surface area contributed by atoms with Crippen LogP contribution < -0.4 is 4.72 Å². The Labute approximate surface area is 117 Å². The lowest BCUT2D eigenvalue weighted by Gasteiger charge is -2.08. The molecule has 1 aromatic carbocycles. The van der Waals surface area contributed by atoms with E-state index in [-0.39, 0.29) is 23.5 Å². The predicted molar refractivity (Wildman–Crippen MR) is 72.6 cm³/mol. The van der Waals surface area contributed by atoms with E-state index in [0.29, 0.717) is 17.5 Å². The highest BCUT2D eigenvalue weighted by Gasteiger charge is 2.21. The molecule has 0 spiro atoms. The van der Waals surface area contributed by atoms with Gasteiger partial charge in [-0.25, -0.2) is 13.1 Å². The summed E-state index contributed by atoms with van der Waals surface area (Å²) in [6, 6.07) is 4.36. The summed E-state index contributed by atoms with van der Waals surface area (Å²) >= 11 is 0. The van der Waals surface area contributed by atoms with Crippen LogP contribution in [0.25, 0.3) is 0 Å². The number of nitro benzene ring substituents is 1. The monoisotopic (exact) mass is 297 g/mol. The minimum atomic E-state index is -3.80. The van der Waals surface area contributed by atoms with Gasteiger partial charge in [-0.3, -0.25) is 10.1 Å². The van der Waals surface area contributed by atoms with Crippen LogP contribution in [-0.4, -0.2) is 19.9 Å². The quantitative estimate of drug-likeness (QED) is 0.488. The molecule has 0 aliphatic carbocycles. The van der Waals surface area contributed by atoms with Crippen LogP contribution in [0.5, 0.6) is 0 Å². The molecule has 7 nitrogen and oxygen atoms in total. The number of nitro groups is 1. The second-order valence-corrected chi connectivity index (χ2v) is 6.07. The average molecular weight is 297 g/mol. The van der Waals surface area contributed by atoms with Gasteiger partial charge in [0.25, 0.3) is 5.69 Å². The first-order valence-corrected chi connectivity index (χ1v) is 7.40. The Kier molecular flexibility index (Phi) is 5.19. The molecule has 0 radical (unpaired) electrons. The molecule has 8 heteroatoms. The maximum Gasteiger partial charge on any atom is 0.273 e. The zero-order chi connectivity index (χ0) is 15.3. The molecule has 0 fully saturated rings. The van der Waals surface area contributed by atoms with Gasteiger partial charge in [0.2, 0.25) is 10.0 Å². The van der Waals surface area contributed by atoms with Crippen LogP contribution in [0.3, 0.4) is 0 Å². The molecule has 0 aliphatic rings. The van der Waals surface area contributed by atoms with Crippen LogP contribution in [-0.2, 0) is 10.0 Å². The van der Waals surface area contributed by atoms with Gasteiger partial charge < -0.3 is 0 Å². The summed E-state index contributed by atoms with van der Waals surface area (Å²) in [5.74, 6) is 0. The van der Waals surface area contributed by atoms with E-state index in [1.165, 1.54) is 6.07 Å². The number of aryl methyl sites for hydroxylation is 1. The summed E-state index contributed by atoms with van der Waals surface area (Å²) < 4.78 is 26.4. The van der Waals surface area contributed by atoms with Crippen LogP contribution >= 0.6 is 0 Å². The first kappa shape index (κ1) is 16.1. The van der Waals surface area contributed by atoms with Gasteiger partial charge in [-0.15, -0.1) is 0 Å². The summed E-state index contributed by atoms with van der Waals surface area (Å²) in [5, 5.41) is 19.3. The van der Waals surface area contributed by atoms with Crippen molar-refractivity contribution in [2.75, 3.05) is 6.54 Å². The van der Waals surface area contributed by atoms with Crippen molar-refractivity contribution >= 4 is 15.7 Å². The molecule has 1 aromatic rings. The Bertz CT molecular complexity index is 662. The number of hydrogen-bond donors (Lipinski definition) is 1. The second-order valence-electron chi connectivity index (χ2n) is 4.30. The van der Waals surface area contributed by atoms with Crippen LogP contribution in [0.15, 0.2) is 17.0 Å². The van der Waals surface area contributed by atoms with Crippen molar-refractivity contribution in [3.63, 3.8) is 0 Å². The number of hydrogen-bond acceptors (Lipinski definition) is 5. The molecule has 1 N–H and O–H groups in total. The normalized spacial score (nSPS) is 11.1. The van der Waals surface area contributed by atoms with E-state index >= 15 is 0 Å². The standard InChI is InChI=1S/C12H15N3O4S/c1-9-7-11(8-12(10(9)2)15(16)17)20(18,19)14-6-4-3-5-13/h7-8,14H,3-4,6H2,1-2H3. The van der Waals surface area contributed by atoms with Crippen LogP contribution in [0.2, 0.25) is 0 Å². The van der Waals surface area contributed by atoms with Gasteiger partial charge in [0.15, 0.2) is 0 Å². The van der Waals surface area contributed by atoms with E-state index in [2.05, 4.69) is 4.72 Å². The molecule has 1 rings (SSSR count). The summed E-state index contributed by atoms with van der Waals surface area (Å²) in [7, 11) is -3.80. The van der Waals surface area contributed by atoms with Crippen molar-refractivity contribution in [3.8, 4) is 6.07 Å². The van der Waals surface area contributed by atoms with E-state index in [9.17, 15) is 18.5 Å². The van der Waals surface area contributed by atoms with Crippen molar-refractivity contribution in [2.45, 2.75) is 31.6 Å². The third-order valence-electron chi connectivity index (χ3n) is 2.88. The summed E-state index contributed by atoms with van der Waals surface area (Å²) in [5.41, 5.74) is 0.762. The van der Waals surface area contributed by atoms with Crippen molar-refractivity contribution in [2.24, 2.45) is 0 Å². The molecular formula is C12H15N3O4S. The van der Waals surface area contributed by atoms with Gasteiger partial charge in [0, 0.05) is 24.6 Å². The molecule has 0 atom stereocenters. The van der Waals surface area contributed by atoms with Crippen molar-refractivity contribution in [1.29, 1.82) is 5.26 Å². The Balaban J connectivity index is 3.07. The molecule has 108 valence electrons. The van der Waals surface area contributed by atoms with E-state index in [1.807, 2.05) is 6.07 Å².